The summed E-state index contributed by atoms with van der Waals surface area (Å²) in [5.41, 5.74) is 0.811. The van der Waals surface area contributed by atoms with Crippen LogP contribution in [0.1, 0.15) is 11.1 Å². The van der Waals surface area contributed by atoms with Gasteiger partial charge in [-0.1, -0.05) is 18.2 Å². The third-order valence-corrected chi connectivity index (χ3v) is 4.85. The van der Waals surface area contributed by atoms with Gasteiger partial charge in [-0.2, -0.15) is 5.26 Å². The first kappa shape index (κ1) is 17.4. The number of rotatable bonds is 5. The summed E-state index contributed by atoms with van der Waals surface area (Å²) in [5.74, 6) is -0.451. The predicted octanol–water partition coefficient (Wildman–Crippen LogP) is 2.59. The molecule has 0 heterocycles. The summed E-state index contributed by atoms with van der Waals surface area (Å²) in [5, 5.41) is 27.9. The monoisotopic (exact) mass is 345 g/mol. The number of nitriles is 1. The lowest BCUT2D eigenvalue weighted by atomic mass is 10.2. The smallest absolute Gasteiger partial charge is 0.192 e. The molecule has 24 heavy (non-hydrogen) atoms. The van der Waals surface area contributed by atoms with Crippen molar-refractivity contribution in [2.24, 2.45) is 0 Å². The number of hydrogen-bond donors (Lipinski definition) is 2. The molecular weight excluding hydrogens is 330 g/mol. The van der Waals surface area contributed by atoms with E-state index >= 15 is 0 Å². The van der Waals surface area contributed by atoms with Gasteiger partial charge in [0.2, 0.25) is 0 Å². The standard InChI is InChI=1S/C17H15NO5S/c1-23-14-5-2-12(3-6-14)11-24(21,22)15(10-18)8-13-4-7-16(19)17(20)9-13/h2-9,19-20H,11H2,1H3/b15-8+. The van der Waals surface area contributed by atoms with Gasteiger partial charge in [0.1, 0.15) is 16.7 Å². The minimum Gasteiger partial charge on any atom is -0.504 e. The quantitative estimate of drug-likeness (QED) is 0.637. The molecule has 0 aromatic heterocycles. The highest BCUT2D eigenvalue weighted by molar-refractivity contribution is 7.95. The van der Waals surface area contributed by atoms with Crippen LogP contribution in [0, 0.1) is 11.3 Å². The van der Waals surface area contributed by atoms with Gasteiger partial charge in [-0.05, 0) is 41.5 Å². The van der Waals surface area contributed by atoms with E-state index in [9.17, 15) is 23.9 Å². The Morgan fingerprint density at radius 3 is 2.38 bits per heavy atom. The summed E-state index contributed by atoms with van der Waals surface area (Å²) in [4.78, 5) is -0.427. The van der Waals surface area contributed by atoms with E-state index in [1.54, 1.807) is 30.3 Å². The number of sulfone groups is 1. The second kappa shape index (κ2) is 7.06. The lowest BCUT2D eigenvalue weighted by Gasteiger charge is -2.05. The minimum absolute atomic E-state index is 0.292. The summed E-state index contributed by atoms with van der Waals surface area (Å²) in [7, 11) is -2.34. The predicted molar refractivity (Wildman–Crippen MR) is 89.0 cm³/mol. The summed E-state index contributed by atoms with van der Waals surface area (Å²) in [6.07, 6.45) is 1.15. The van der Waals surface area contributed by atoms with Gasteiger partial charge >= 0.3 is 0 Å². The summed E-state index contributed by atoms with van der Waals surface area (Å²) < 4.78 is 29.8. The van der Waals surface area contributed by atoms with Crippen LogP contribution in [-0.2, 0) is 15.6 Å². The molecular formula is C17H15NO5S. The fourth-order valence-corrected chi connectivity index (χ4v) is 3.23. The van der Waals surface area contributed by atoms with Gasteiger partial charge in [-0.15, -0.1) is 0 Å². The molecule has 0 aliphatic heterocycles. The van der Waals surface area contributed by atoms with Crippen LogP contribution in [0.25, 0.3) is 6.08 Å². The van der Waals surface area contributed by atoms with E-state index in [0.29, 0.717) is 16.9 Å². The maximum absolute atomic E-state index is 12.4. The molecule has 2 aromatic rings. The molecule has 2 N–H and O–H groups in total. The zero-order valence-electron chi connectivity index (χ0n) is 12.8. The first-order valence-electron chi connectivity index (χ1n) is 6.85. The normalized spacial score (nSPS) is 11.8. The number of hydrogen-bond acceptors (Lipinski definition) is 6. The number of benzene rings is 2. The highest BCUT2D eigenvalue weighted by atomic mass is 32.2. The van der Waals surface area contributed by atoms with Crippen LogP contribution < -0.4 is 4.74 Å². The van der Waals surface area contributed by atoms with E-state index in [1.807, 2.05) is 0 Å². The van der Waals surface area contributed by atoms with Crippen molar-refractivity contribution in [2.75, 3.05) is 7.11 Å². The molecule has 0 unspecified atom stereocenters. The molecule has 6 nitrogen and oxygen atoms in total. The maximum Gasteiger partial charge on any atom is 0.192 e. The third-order valence-electron chi connectivity index (χ3n) is 3.26. The van der Waals surface area contributed by atoms with Crippen molar-refractivity contribution in [1.82, 2.24) is 0 Å². The van der Waals surface area contributed by atoms with E-state index in [1.165, 1.54) is 25.3 Å². The Morgan fingerprint density at radius 1 is 1.17 bits per heavy atom. The van der Waals surface area contributed by atoms with Crippen LogP contribution in [0.5, 0.6) is 17.2 Å². The van der Waals surface area contributed by atoms with Gasteiger partial charge in [-0.25, -0.2) is 8.42 Å². The maximum atomic E-state index is 12.4. The first-order valence-corrected chi connectivity index (χ1v) is 8.50. The summed E-state index contributed by atoms with van der Waals surface area (Å²) >= 11 is 0. The molecule has 2 aromatic carbocycles. The van der Waals surface area contributed by atoms with Crippen LogP contribution >= 0.6 is 0 Å². The minimum atomic E-state index is -3.85. The lowest BCUT2D eigenvalue weighted by Crippen LogP contribution is -2.06. The largest absolute Gasteiger partial charge is 0.504 e. The van der Waals surface area contributed by atoms with E-state index in [-0.39, 0.29) is 11.5 Å². The summed E-state index contributed by atoms with van der Waals surface area (Å²) in [6, 6.07) is 12.0. The van der Waals surface area contributed by atoms with Crippen LogP contribution in [-0.4, -0.2) is 25.7 Å². The molecule has 0 fully saturated rings. The fraction of sp³-hybridized carbons (Fsp3) is 0.118. The first-order chi connectivity index (χ1) is 11.4. The Morgan fingerprint density at radius 2 is 1.83 bits per heavy atom. The molecule has 2 rings (SSSR count). The van der Waals surface area contributed by atoms with Gasteiger partial charge < -0.3 is 14.9 Å². The third kappa shape index (κ3) is 4.06. The van der Waals surface area contributed by atoms with Gasteiger partial charge in [0, 0.05) is 0 Å². The average molecular weight is 345 g/mol. The van der Waals surface area contributed by atoms with E-state index < -0.39 is 20.5 Å². The Bertz CT molecular complexity index is 909. The molecule has 7 heteroatoms. The van der Waals surface area contributed by atoms with E-state index in [4.69, 9.17) is 4.74 Å². The topological polar surface area (TPSA) is 108 Å². The van der Waals surface area contributed by atoms with E-state index in [0.717, 1.165) is 6.08 Å². The number of phenolic OH excluding ortho intramolecular Hbond substituents is 2. The van der Waals surface area contributed by atoms with Crippen molar-refractivity contribution < 1.29 is 23.4 Å². The number of phenols is 2. The Kier molecular flexibility index (Phi) is 5.11. The van der Waals surface area contributed by atoms with Crippen molar-refractivity contribution in [3.8, 4) is 23.3 Å². The van der Waals surface area contributed by atoms with Crippen molar-refractivity contribution in [2.45, 2.75) is 5.75 Å². The highest BCUT2D eigenvalue weighted by Gasteiger charge is 2.19. The molecule has 0 aliphatic rings. The molecule has 0 saturated carbocycles. The van der Waals surface area contributed by atoms with Gasteiger partial charge in [-0.3, -0.25) is 0 Å². The number of aromatic hydroxyl groups is 2. The molecule has 0 aliphatic carbocycles. The number of ether oxygens (including phenoxy) is 1. The second-order valence-electron chi connectivity index (χ2n) is 4.98. The molecule has 0 saturated heterocycles. The number of allylic oxidation sites excluding steroid dienone is 1. The SMILES string of the molecule is COc1ccc(CS(=O)(=O)/C(C#N)=C/c2ccc(O)c(O)c2)cc1. The Balaban J connectivity index is 2.31. The zero-order valence-corrected chi connectivity index (χ0v) is 13.6. The van der Waals surface area contributed by atoms with Crippen molar-refractivity contribution in [3.63, 3.8) is 0 Å². The molecule has 0 bridgehead atoms. The zero-order chi connectivity index (χ0) is 17.7. The Hall–Kier alpha value is -2.98. The highest BCUT2D eigenvalue weighted by Crippen LogP contribution is 2.27. The Labute approximate surface area is 139 Å². The van der Waals surface area contributed by atoms with Crippen LogP contribution in [0.2, 0.25) is 0 Å². The van der Waals surface area contributed by atoms with Crippen molar-refractivity contribution >= 4 is 15.9 Å². The van der Waals surface area contributed by atoms with Crippen molar-refractivity contribution in [3.05, 3.63) is 58.5 Å². The van der Waals surface area contributed by atoms with Crippen LogP contribution in [0.15, 0.2) is 47.4 Å². The van der Waals surface area contributed by atoms with Crippen LogP contribution in [0.3, 0.4) is 0 Å². The second-order valence-corrected chi connectivity index (χ2v) is 6.93. The van der Waals surface area contributed by atoms with Gasteiger partial charge in [0.05, 0.1) is 12.9 Å². The van der Waals surface area contributed by atoms with Gasteiger partial charge in [0.15, 0.2) is 21.3 Å². The number of nitrogens with zero attached hydrogens (tertiary/aromatic N) is 1. The molecule has 0 radical (unpaired) electrons. The molecule has 0 amide bonds. The molecule has 0 atom stereocenters. The fourth-order valence-electron chi connectivity index (χ4n) is 1.99. The summed E-state index contributed by atoms with van der Waals surface area (Å²) in [6.45, 7) is 0. The van der Waals surface area contributed by atoms with Crippen LogP contribution in [0.4, 0.5) is 0 Å². The molecule has 124 valence electrons. The number of methoxy groups -OCH3 is 1. The van der Waals surface area contributed by atoms with Crippen molar-refractivity contribution in [1.29, 1.82) is 5.26 Å². The van der Waals surface area contributed by atoms with E-state index in [2.05, 4.69) is 0 Å². The molecule has 0 spiro atoms. The lowest BCUT2D eigenvalue weighted by molar-refractivity contribution is 0.403. The van der Waals surface area contributed by atoms with Gasteiger partial charge in [0.25, 0.3) is 0 Å². The average Bonchev–Trinajstić information content (AvgIpc) is 2.56.